The summed E-state index contributed by atoms with van der Waals surface area (Å²) in [5, 5.41) is -0.0516. The molecule has 0 N–H and O–H groups in total. The number of nitrogens with zero attached hydrogens (tertiary/aromatic N) is 2. The van der Waals surface area contributed by atoms with E-state index in [2.05, 4.69) is 20.9 Å². The molecule has 0 aliphatic rings. The molecule has 0 aliphatic carbocycles. The van der Waals surface area contributed by atoms with E-state index in [0.29, 0.717) is 8.81 Å². The van der Waals surface area contributed by atoms with Crippen LogP contribution < -0.4 is 0 Å². The molecule has 9 heteroatoms. The van der Waals surface area contributed by atoms with Crippen molar-refractivity contribution in [3.8, 4) is 0 Å². The highest BCUT2D eigenvalue weighted by Crippen LogP contribution is 2.28. The maximum Gasteiger partial charge on any atom is 0.246 e. The fraction of sp³-hybridized carbons (Fsp3) is 0.182. The van der Waals surface area contributed by atoms with E-state index < -0.39 is 10.0 Å². The van der Waals surface area contributed by atoms with Gasteiger partial charge in [0.2, 0.25) is 10.0 Å². The third kappa shape index (κ3) is 3.52. The Bertz CT molecular complexity index is 734. The smallest absolute Gasteiger partial charge is 0.242 e. The summed E-state index contributed by atoms with van der Waals surface area (Å²) in [5.41, 5.74) is 0. The number of pyridine rings is 1. The summed E-state index contributed by atoms with van der Waals surface area (Å²) in [7, 11) is -2.22. The number of halogens is 3. The second kappa shape index (κ2) is 6.29. The molecule has 20 heavy (non-hydrogen) atoms. The third-order valence-electron chi connectivity index (χ3n) is 2.47. The van der Waals surface area contributed by atoms with Crippen LogP contribution in [0.3, 0.4) is 0 Å². The molecule has 0 fully saturated rings. The molecule has 108 valence electrons. The maximum absolute atomic E-state index is 12.5. The molecule has 2 aromatic rings. The van der Waals surface area contributed by atoms with E-state index >= 15 is 0 Å². The SMILES string of the molecule is CN(Cc1ccc(Cl)s1)S(=O)(=O)c1cc(Br)cnc1Cl. The van der Waals surface area contributed by atoms with Crippen LogP contribution in [0, 0.1) is 0 Å². The molecule has 0 saturated carbocycles. The second-order valence-electron chi connectivity index (χ2n) is 3.91. The number of aromatic nitrogens is 1. The lowest BCUT2D eigenvalue weighted by Gasteiger charge is -2.17. The molecule has 0 bridgehead atoms. The van der Waals surface area contributed by atoms with Crippen LogP contribution in [0.15, 0.2) is 33.8 Å². The lowest BCUT2D eigenvalue weighted by molar-refractivity contribution is 0.469. The summed E-state index contributed by atoms with van der Waals surface area (Å²) in [6.45, 7) is 0.225. The minimum atomic E-state index is -3.71. The second-order valence-corrected chi connectivity index (χ2v) is 9.00. The normalized spacial score (nSPS) is 12.1. The standard InChI is InChI=1S/C11H9BrCl2N2O2S2/c1-16(6-8-2-3-10(13)19-8)20(17,18)9-4-7(12)5-15-11(9)14/h2-5H,6H2,1H3. The van der Waals surface area contributed by atoms with Gasteiger partial charge in [-0.15, -0.1) is 11.3 Å². The Labute approximate surface area is 139 Å². The zero-order valence-corrected chi connectivity index (χ0v) is 14.9. The zero-order valence-electron chi connectivity index (χ0n) is 10.2. The van der Waals surface area contributed by atoms with Gasteiger partial charge in [0.25, 0.3) is 0 Å². The molecule has 0 saturated heterocycles. The van der Waals surface area contributed by atoms with E-state index in [1.165, 1.54) is 35.0 Å². The molecule has 0 atom stereocenters. The number of thiophene rings is 1. The van der Waals surface area contributed by atoms with Gasteiger partial charge in [0.15, 0.2) is 0 Å². The van der Waals surface area contributed by atoms with Gasteiger partial charge in [-0.25, -0.2) is 13.4 Å². The molecule has 0 radical (unpaired) electrons. The molecule has 0 aliphatic heterocycles. The first kappa shape index (κ1) is 16.2. The topological polar surface area (TPSA) is 50.3 Å². The van der Waals surface area contributed by atoms with Gasteiger partial charge in [-0.1, -0.05) is 23.2 Å². The van der Waals surface area contributed by atoms with Gasteiger partial charge >= 0.3 is 0 Å². The van der Waals surface area contributed by atoms with E-state index in [-0.39, 0.29) is 16.6 Å². The summed E-state index contributed by atoms with van der Waals surface area (Å²) in [4.78, 5) is 4.65. The van der Waals surface area contributed by atoms with Crippen LogP contribution in [0.5, 0.6) is 0 Å². The Morgan fingerprint density at radius 3 is 2.70 bits per heavy atom. The largest absolute Gasteiger partial charge is 0.246 e. The van der Waals surface area contributed by atoms with E-state index in [4.69, 9.17) is 23.2 Å². The summed E-state index contributed by atoms with van der Waals surface area (Å²) in [6.07, 6.45) is 1.44. The molecule has 0 spiro atoms. The number of hydrogen-bond donors (Lipinski definition) is 0. The van der Waals surface area contributed by atoms with Crippen LogP contribution in [0.4, 0.5) is 0 Å². The van der Waals surface area contributed by atoms with Crippen molar-refractivity contribution in [3.63, 3.8) is 0 Å². The summed E-state index contributed by atoms with van der Waals surface area (Å²) in [6, 6.07) is 4.96. The molecule has 2 heterocycles. The monoisotopic (exact) mass is 414 g/mol. The summed E-state index contributed by atoms with van der Waals surface area (Å²) < 4.78 is 27.3. The fourth-order valence-electron chi connectivity index (χ4n) is 1.49. The summed E-state index contributed by atoms with van der Waals surface area (Å²) >= 11 is 16.2. The number of hydrogen-bond acceptors (Lipinski definition) is 4. The molecule has 0 aromatic carbocycles. The van der Waals surface area contributed by atoms with Gasteiger partial charge in [0, 0.05) is 29.1 Å². The quantitative estimate of drug-likeness (QED) is 0.708. The van der Waals surface area contributed by atoms with E-state index in [9.17, 15) is 8.42 Å². The first-order valence-electron chi connectivity index (χ1n) is 5.32. The van der Waals surface area contributed by atoms with Gasteiger partial charge < -0.3 is 0 Å². The Balaban J connectivity index is 2.32. The lowest BCUT2D eigenvalue weighted by atomic mass is 10.5. The van der Waals surface area contributed by atoms with Gasteiger partial charge in [0.1, 0.15) is 10.0 Å². The van der Waals surface area contributed by atoms with Gasteiger partial charge in [-0.2, -0.15) is 4.31 Å². The van der Waals surface area contributed by atoms with Crippen LogP contribution in [-0.2, 0) is 16.6 Å². The van der Waals surface area contributed by atoms with Crippen LogP contribution in [0.1, 0.15) is 4.88 Å². The van der Waals surface area contributed by atoms with Gasteiger partial charge in [-0.3, -0.25) is 0 Å². The van der Waals surface area contributed by atoms with Crippen LogP contribution in [0.2, 0.25) is 9.49 Å². The van der Waals surface area contributed by atoms with Crippen molar-refractivity contribution in [1.82, 2.24) is 9.29 Å². The van der Waals surface area contributed by atoms with Crippen molar-refractivity contribution in [2.24, 2.45) is 0 Å². The lowest BCUT2D eigenvalue weighted by Crippen LogP contribution is -2.26. The predicted molar refractivity (Wildman–Crippen MR) is 84.9 cm³/mol. The van der Waals surface area contributed by atoms with Crippen molar-refractivity contribution in [1.29, 1.82) is 0 Å². The first-order chi connectivity index (χ1) is 9.30. The summed E-state index contributed by atoms with van der Waals surface area (Å²) in [5.74, 6) is 0. The zero-order chi connectivity index (χ0) is 14.9. The van der Waals surface area contributed by atoms with Crippen LogP contribution >= 0.6 is 50.5 Å². The minimum Gasteiger partial charge on any atom is -0.242 e. The predicted octanol–water partition coefficient (Wildman–Crippen LogP) is 4.03. The minimum absolute atomic E-state index is 0.0290. The molecular formula is C11H9BrCl2N2O2S2. The molecular weight excluding hydrogens is 407 g/mol. The number of sulfonamides is 1. The Morgan fingerprint density at radius 1 is 1.40 bits per heavy atom. The average molecular weight is 416 g/mol. The van der Waals surface area contributed by atoms with Crippen molar-refractivity contribution < 1.29 is 8.42 Å². The van der Waals surface area contributed by atoms with E-state index in [1.807, 2.05) is 0 Å². The van der Waals surface area contributed by atoms with E-state index in [1.54, 1.807) is 12.1 Å². The maximum atomic E-state index is 12.5. The van der Waals surface area contributed by atoms with Gasteiger partial charge in [0.05, 0.1) is 4.34 Å². The van der Waals surface area contributed by atoms with Crippen molar-refractivity contribution in [2.75, 3.05) is 7.05 Å². The van der Waals surface area contributed by atoms with E-state index in [0.717, 1.165) is 4.88 Å². The number of rotatable bonds is 4. The Kier molecular flexibility index (Phi) is 5.09. The Morgan fingerprint density at radius 2 is 2.10 bits per heavy atom. The van der Waals surface area contributed by atoms with Crippen molar-refractivity contribution in [3.05, 3.63) is 43.2 Å². The average Bonchev–Trinajstić information content (AvgIpc) is 2.77. The highest BCUT2D eigenvalue weighted by atomic mass is 79.9. The van der Waals surface area contributed by atoms with Crippen LogP contribution in [0.25, 0.3) is 0 Å². The van der Waals surface area contributed by atoms with Crippen molar-refractivity contribution >= 4 is 60.5 Å². The molecule has 2 aromatic heterocycles. The highest BCUT2D eigenvalue weighted by molar-refractivity contribution is 9.10. The third-order valence-corrected chi connectivity index (χ3v) is 6.35. The first-order valence-corrected chi connectivity index (χ1v) is 9.13. The van der Waals surface area contributed by atoms with Gasteiger partial charge in [-0.05, 0) is 34.1 Å². The Hall–Kier alpha value is -0.180. The fourth-order valence-corrected chi connectivity index (χ4v) is 4.78. The van der Waals surface area contributed by atoms with Crippen LogP contribution in [-0.4, -0.2) is 24.8 Å². The molecule has 2 rings (SSSR count). The van der Waals surface area contributed by atoms with Crippen molar-refractivity contribution in [2.45, 2.75) is 11.4 Å². The molecule has 0 unspecified atom stereocenters. The highest BCUT2D eigenvalue weighted by Gasteiger charge is 2.25. The molecule has 4 nitrogen and oxygen atoms in total. The molecule has 0 amide bonds.